The van der Waals surface area contributed by atoms with Crippen LogP contribution in [0.2, 0.25) is 0 Å². The van der Waals surface area contributed by atoms with Crippen LogP contribution in [-0.4, -0.2) is 66.1 Å². The summed E-state index contributed by atoms with van der Waals surface area (Å²) in [7, 11) is 0. The van der Waals surface area contributed by atoms with Crippen LogP contribution in [0.25, 0.3) is 0 Å². The number of hydrogen-bond donors (Lipinski definition) is 0. The fourth-order valence-corrected chi connectivity index (χ4v) is 1.04. The van der Waals surface area contributed by atoms with Crippen LogP contribution in [0.15, 0.2) is 0 Å². The molecule has 0 spiro atoms. The van der Waals surface area contributed by atoms with Gasteiger partial charge in [0.25, 0.3) is 0 Å². The van der Waals surface area contributed by atoms with Gasteiger partial charge in [-0.3, -0.25) is 0 Å². The molecule has 0 rings (SSSR count). The number of terminal acetylenes is 2. The first-order chi connectivity index (χ1) is 9.41. The van der Waals surface area contributed by atoms with E-state index in [1.165, 1.54) is 0 Å². The van der Waals surface area contributed by atoms with E-state index in [1.54, 1.807) is 0 Å². The van der Waals surface area contributed by atoms with Gasteiger partial charge in [0.15, 0.2) is 0 Å². The van der Waals surface area contributed by atoms with Crippen molar-refractivity contribution in [2.24, 2.45) is 0 Å². The molecule has 19 heavy (non-hydrogen) atoms. The van der Waals surface area contributed by atoms with Crippen LogP contribution in [0.5, 0.6) is 0 Å². The lowest BCUT2D eigenvalue weighted by Crippen LogP contribution is -2.13. The molecule has 0 atom stereocenters. The Kier molecular flexibility index (Phi) is 16.0. The lowest BCUT2D eigenvalue weighted by Gasteiger charge is -2.06. The minimum atomic E-state index is 0.322. The second kappa shape index (κ2) is 16.9. The molecule has 0 amide bonds. The first-order valence-corrected chi connectivity index (χ1v) is 6.17. The summed E-state index contributed by atoms with van der Waals surface area (Å²) in [6.07, 6.45) is 10.0. The van der Waals surface area contributed by atoms with Crippen LogP contribution in [0.3, 0.4) is 0 Å². The van der Waals surface area contributed by atoms with E-state index in [9.17, 15) is 0 Å². The van der Waals surface area contributed by atoms with Gasteiger partial charge in [-0.25, -0.2) is 0 Å². The lowest BCUT2D eigenvalue weighted by atomic mass is 10.7. The smallest absolute Gasteiger partial charge is 0.107 e. The molecular formula is C14H22O5. The summed E-state index contributed by atoms with van der Waals surface area (Å²) in [4.78, 5) is 0. The highest BCUT2D eigenvalue weighted by atomic mass is 16.6. The lowest BCUT2D eigenvalue weighted by molar-refractivity contribution is -0.00704. The van der Waals surface area contributed by atoms with Gasteiger partial charge in [0.05, 0.1) is 52.9 Å². The van der Waals surface area contributed by atoms with Crippen molar-refractivity contribution < 1.29 is 23.7 Å². The van der Waals surface area contributed by atoms with Crippen molar-refractivity contribution in [3.8, 4) is 24.7 Å². The Morgan fingerprint density at radius 1 is 0.474 bits per heavy atom. The van der Waals surface area contributed by atoms with Gasteiger partial charge in [-0.15, -0.1) is 12.8 Å². The summed E-state index contributed by atoms with van der Waals surface area (Å²) in [5, 5.41) is 0. The van der Waals surface area contributed by atoms with Gasteiger partial charge in [0.2, 0.25) is 0 Å². The molecule has 0 radical (unpaired) electrons. The number of hydrogen-bond acceptors (Lipinski definition) is 5. The summed E-state index contributed by atoms with van der Waals surface area (Å²) in [5.41, 5.74) is 0. The third-order valence-electron chi connectivity index (χ3n) is 1.86. The van der Waals surface area contributed by atoms with Gasteiger partial charge in [0, 0.05) is 0 Å². The monoisotopic (exact) mass is 270 g/mol. The molecule has 0 saturated carbocycles. The molecule has 0 aromatic carbocycles. The minimum absolute atomic E-state index is 0.322. The highest BCUT2D eigenvalue weighted by Crippen LogP contribution is 1.83. The first kappa shape index (κ1) is 17.9. The van der Waals surface area contributed by atoms with Crippen LogP contribution in [0.1, 0.15) is 0 Å². The van der Waals surface area contributed by atoms with Crippen LogP contribution in [-0.2, 0) is 23.7 Å². The van der Waals surface area contributed by atoms with Crippen LogP contribution in [0.4, 0.5) is 0 Å². The summed E-state index contributed by atoms with van der Waals surface area (Å²) in [6.45, 7) is 4.83. The summed E-state index contributed by atoms with van der Waals surface area (Å²) in [6, 6.07) is 0. The van der Waals surface area contributed by atoms with E-state index in [4.69, 9.17) is 36.5 Å². The number of ether oxygens (including phenoxy) is 5. The fourth-order valence-electron chi connectivity index (χ4n) is 1.04. The Morgan fingerprint density at radius 2 is 0.737 bits per heavy atom. The van der Waals surface area contributed by atoms with E-state index in [2.05, 4.69) is 11.8 Å². The van der Waals surface area contributed by atoms with E-state index in [-0.39, 0.29) is 0 Å². The molecule has 0 aliphatic heterocycles. The molecule has 0 N–H and O–H groups in total. The zero-order valence-electron chi connectivity index (χ0n) is 11.3. The van der Waals surface area contributed by atoms with E-state index in [0.717, 1.165) is 0 Å². The molecule has 0 unspecified atom stereocenters. The average Bonchev–Trinajstić information content (AvgIpc) is 2.43. The third kappa shape index (κ3) is 16.9. The molecule has 0 aromatic heterocycles. The van der Waals surface area contributed by atoms with Crippen molar-refractivity contribution in [2.75, 3.05) is 66.1 Å². The predicted molar refractivity (Wildman–Crippen MR) is 71.8 cm³/mol. The summed E-state index contributed by atoms with van der Waals surface area (Å²) in [5.74, 6) is 4.76. The van der Waals surface area contributed by atoms with Crippen molar-refractivity contribution in [1.29, 1.82) is 0 Å². The quantitative estimate of drug-likeness (QED) is 0.336. The Hall–Kier alpha value is -1.08. The van der Waals surface area contributed by atoms with Gasteiger partial charge < -0.3 is 23.7 Å². The van der Waals surface area contributed by atoms with Crippen molar-refractivity contribution in [3.63, 3.8) is 0 Å². The van der Waals surface area contributed by atoms with E-state index < -0.39 is 0 Å². The van der Waals surface area contributed by atoms with E-state index >= 15 is 0 Å². The van der Waals surface area contributed by atoms with Crippen LogP contribution >= 0.6 is 0 Å². The van der Waals surface area contributed by atoms with Gasteiger partial charge in [-0.05, 0) is 0 Å². The maximum atomic E-state index is 5.29. The van der Waals surface area contributed by atoms with Gasteiger partial charge >= 0.3 is 0 Å². The normalized spacial score (nSPS) is 10.0. The Morgan fingerprint density at radius 3 is 1.00 bits per heavy atom. The van der Waals surface area contributed by atoms with Crippen LogP contribution < -0.4 is 0 Å². The SMILES string of the molecule is C#CCOCCOCCOCCOCCOCC#C. The highest BCUT2D eigenvalue weighted by molar-refractivity contribution is 4.83. The molecule has 0 aliphatic carbocycles. The molecule has 0 saturated heterocycles. The topological polar surface area (TPSA) is 46.2 Å². The van der Waals surface area contributed by atoms with Crippen molar-refractivity contribution in [3.05, 3.63) is 0 Å². The molecule has 0 aromatic rings. The predicted octanol–water partition coefficient (Wildman–Crippen LogP) is 0.336. The molecule has 0 fully saturated rings. The van der Waals surface area contributed by atoms with E-state index in [1.807, 2.05) is 0 Å². The largest absolute Gasteiger partial charge is 0.377 e. The molecule has 0 heterocycles. The highest BCUT2D eigenvalue weighted by Gasteiger charge is 1.92. The zero-order valence-corrected chi connectivity index (χ0v) is 11.3. The molecule has 5 heteroatoms. The average molecular weight is 270 g/mol. The number of rotatable bonds is 14. The molecule has 0 bridgehead atoms. The summed E-state index contributed by atoms with van der Waals surface area (Å²) < 4.78 is 25.9. The standard InChI is InChI=1S/C14H22O5/c1-3-5-15-7-9-17-11-13-19-14-12-18-10-8-16-6-4-2/h1-2H,5-14H2. The Bertz CT molecular complexity index is 228. The van der Waals surface area contributed by atoms with Crippen molar-refractivity contribution in [1.82, 2.24) is 0 Å². The van der Waals surface area contributed by atoms with Gasteiger partial charge in [0.1, 0.15) is 13.2 Å². The van der Waals surface area contributed by atoms with Gasteiger partial charge in [-0.1, -0.05) is 11.8 Å². The third-order valence-corrected chi connectivity index (χ3v) is 1.86. The fraction of sp³-hybridized carbons (Fsp3) is 0.714. The molecule has 5 nitrogen and oxygen atoms in total. The second-order valence-electron chi connectivity index (χ2n) is 3.35. The maximum absolute atomic E-state index is 5.29. The van der Waals surface area contributed by atoms with Crippen molar-refractivity contribution >= 4 is 0 Å². The van der Waals surface area contributed by atoms with Gasteiger partial charge in [-0.2, -0.15) is 0 Å². The molecule has 108 valence electrons. The van der Waals surface area contributed by atoms with E-state index in [0.29, 0.717) is 66.1 Å². The first-order valence-electron chi connectivity index (χ1n) is 6.17. The zero-order chi connectivity index (χ0) is 14.0. The second-order valence-corrected chi connectivity index (χ2v) is 3.35. The molecule has 0 aliphatic rings. The van der Waals surface area contributed by atoms with Crippen molar-refractivity contribution in [2.45, 2.75) is 0 Å². The minimum Gasteiger partial charge on any atom is -0.377 e. The molecular weight excluding hydrogens is 248 g/mol. The van der Waals surface area contributed by atoms with Crippen LogP contribution in [0, 0.1) is 24.7 Å². The Labute approximate surface area is 115 Å². The summed E-state index contributed by atoms with van der Waals surface area (Å²) >= 11 is 0. The Balaban J connectivity index is 2.92. The maximum Gasteiger partial charge on any atom is 0.107 e.